The Bertz CT molecular complexity index is 1360. The zero-order valence-corrected chi connectivity index (χ0v) is 17.2. The topological polar surface area (TPSA) is 78.4 Å². The van der Waals surface area contributed by atoms with Crippen molar-refractivity contribution in [3.8, 4) is 17.9 Å². The molecule has 0 N–H and O–H groups in total. The highest BCUT2D eigenvalue weighted by Gasteiger charge is 2.09. The van der Waals surface area contributed by atoms with Gasteiger partial charge in [-0.25, -0.2) is 0 Å². The molecule has 4 aromatic carbocycles. The Labute approximate surface area is 186 Å². The first kappa shape index (κ1) is 20.7. The molecule has 0 aliphatic rings. The Morgan fingerprint density at radius 2 is 1.34 bits per heavy atom. The maximum Gasteiger partial charge on any atom is 0.143 e. The molecule has 5 nitrogen and oxygen atoms in total. The van der Waals surface area contributed by atoms with Gasteiger partial charge in [-0.15, -0.1) is 0 Å². The average molecular weight is 417 g/mol. The summed E-state index contributed by atoms with van der Waals surface area (Å²) >= 11 is 0. The van der Waals surface area contributed by atoms with Crippen molar-refractivity contribution in [1.29, 1.82) is 10.5 Å². The van der Waals surface area contributed by atoms with Crippen LogP contribution in [0.2, 0.25) is 0 Å². The molecular formula is C27H19N3O2. The van der Waals surface area contributed by atoms with E-state index in [9.17, 15) is 10.5 Å². The lowest BCUT2D eigenvalue weighted by Crippen LogP contribution is -2.01. The van der Waals surface area contributed by atoms with Gasteiger partial charge in [-0.2, -0.15) is 10.5 Å². The van der Waals surface area contributed by atoms with Crippen LogP contribution >= 0.6 is 0 Å². The van der Waals surface area contributed by atoms with E-state index in [-0.39, 0.29) is 13.2 Å². The van der Waals surface area contributed by atoms with Gasteiger partial charge >= 0.3 is 0 Å². The molecule has 0 unspecified atom stereocenters. The molecule has 0 aliphatic carbocycles. The first-order valence-electron chi connectivity index (χ1n) is 10.1. The number of ether oxygens (including phenoxy) is 1. The summed E-state index contributed by atoms with van der Waals surface area (Å²) in [7, 11) is 0. The zero-order valence-electron chi connectivity index (χ0n) is 17.2. The lowest BCUT2D eigenvalue weighted by atomic mass is 10.0. The van der Waals surface area contributed by atoms with E-state index in [0.29, 0.717) is 16.9 Å². The quantitative estimate of drug-likeness (QED) is 0.285. The monoisotopic (exact) mass is 417 g/mol. The summed E-state index contributed by atoms with van der Waals surface area (Å²) in [5.74, 6) is 0.640. The lowest BCUT2D eigenvalue weighted by molar-refractivity contribution is 0.132. The Balaban J connectivity index is 1.58. The summed E-state index contributed by atoms with van der Waals surface area (Å²) in [5, 5.41) is 24.7. The summed E-state index contributed by atoms with van der Waals surface area (Å²) < 4.78 is 6.08. The maximum atomic E-state index is 9.32. The predicted octanol–water partition coefficient (Wildman–Crippen LogP) is 5.71. The molecule has 0 atom stereocenters. The molecule has 0 bridgehead atoms. The van der Waals surface area contributed by atoms with Crippen molar-refractivity contribution in [2.45, 2.75) is 13.2 Å². The highest BCUT2D eigenvalue weighted by Crippen LogP contribution is 2.28. The van der Waals surface area contributed by atoms with E-state index in [1.54, 1.807) is 18.3 Å². The number of benzene rings is 4. The van der Waals surface area contributed by atoms with E-state index in [2.05, 4.69) is 17.3 Å². The van der Waals surface area contributed by atoms with Gasteiger partial charge in [-0.3, -0.25) is 0 Å². The molecule has 0 spiro atoms. The second-order valence-electron chi connectivity index (χ2n) is 7.03. The van der Waals surface area contributed by atoms with Crippen LogP contribution in [0.15, 0.2) is 90.1 Å². The largest absolute Gasteiger partial charge is 0.488 e. The molecule has 4 aromatic rings. The molecule has 5 heteroatoms. The van der Waals surface area contributed by atoms with Crippen LogP contribution in [0.1, 0.15) is 27.8 Å². The van der Waals surface area contributed by atoms with Crippen molar-refractivity contribution in [3.63, 3.8) is 0 Å². The van der Waals surface area contributed by atoms with Gasteiger partial charge in [0, 0.05) is 16.7 Å². The van der Waals surface area contributed by atoms with Crippen LogP contribution in [0.5, 0.6) is 5.75 Å². The molecule has 0 amide bonds. The number of rotatable bonds is 7. The second-order valence-corrected chi connectivity index (χ2v) is 7.03. The zero-order chi connectivity index (χ0) is 22.2. The maximum absolute atomic E-state index is 9.32. The highest BCUT2D eigenvalue weighted by atomic mass is 16.6. The van der Waals surface area contributed by atoms with Crippen LogP contribution in [0.4, 0.5) is 0 Å². The molecule has 32 heavy (non-hydrogen) atoms. The van der Waals surface area contributed by atoms with Gasteiger partial charge in [0.2, 0.25) is 0 Å². The molecule has 0 aliphatic heterocycles. The number of oxime groups is 1. The van der Waals surface area contributed by atoms with Crippen LogP contribution in [0, 0.1) is 22.7 Å². The summed E-state index contributed by atoms with van der Waals surface area (Å²) in [4.78, 5) is 5.49. The molecule has 0 aromatic heterocycles. The van der Waals surface area contributed by atoms with E-state index in [1.807, 2.05) is 72.8 Å². The van der Waals surface area contributed by atoms with Crippen molar-refractivity contribution >= 4 is 17.0 Å². The highest BCUT2D eigenvalue weighted by molar-refractivity contribution is 6.02. The van der Waals surface area contributed by atoms with Gasteiger partial charge in [0.25, 0.3) is 0 Å². The predicted molar refractivity (Wildman–Crippen MR) is 123 cm³/mol. The normalized spacial score (nSPS) is 10.6. The molecule has 0 saturated heterocycles. The third-order valence-corrected chi connectivity index (χ3v) is 5.07. The summed E-state index contributed by atoms with van der Waals surface area (Å²) in [5.41, 5.74) is 3.52. The fraction of sp³-hybridized carbons (Fsp3) is 0.0741. The number of fused-ring (bicyclic) bond motifs is 1. The molecule has 0 radical (unpaired) electrons. The minimum Gasteiger partial charge on any atom is -0.488 e. The van der Waals surface area contributed by atoms with Gasteiger partial charge in [-0.05, 0) is 29.0 Å². The van der Waals surface area contributed by atoms with E-state index >= 15 is 0 Å². The van der Waals surface area contributed by atoms with Crippen molar-refractivity contribution in [3.05, 3.63) is 113 Å². The van der Waals surface area contributed by atoms with Crippen molar-refractivity contribution < 1.29 is 9.57 Å². The summed E-state index contributed by atoms with van der Waals surface area (Å²) in [6, 6.07) is 30.8. The number of hydrogen-bond donors (Lipinski definition) is 0. The van der Waals surface area contributed by atoms with Crippen molar-refractivity contribution in [2.24, 2.45) is 5.16 Å². The van der Waals surface area contributed by atoms with Crippen LogP contribution in [-0.4, -0.2) is 6.21 Å². The van der Waals surface area contributed by atoms with Crippen LogP contribution < -0.4 is 4.74 Å². The van der Waals surface area contributed by atoms with E-state index < -0.39 is 0 Å². The lowest BCUT2D eigenvalue weighted by Gasteiger charge is -2.12. The SMILES string of the molecule is N#Cc1ccccc1CO/N=C\c1c(OCc2ccccc2C#N)ccc2ccccc12. The van der Waals surface area contributed by atoms with Crippen molar-refractivity contribution in [2.75, 3.05) is 0 Å². The molecule has 0 heterocycles. The fourth-order valence-electron chi connectivity index (χ4n) is 3.40. The van der Waals surface area contributed by atoms with E-state index in [4.69, 9.17) is 9.57 Å². The number of nitrogens with zero attached hydrogens (tertiary/aromatic N) is 3. The number of hydrogen-bond acceptors (Lipinski definition) is 5. The standard InChI is InChI=1S/C27H19N3O2/c28-15-21-8-1-3-10-23(21)18-31-27-14-13-20-7-5-6-12-25(20)26(27)17-30-32-19-24-11-4-2-9-22(24)16-29/h1-14,17H,18-19H2/b30-17-. The van der Waals surface area contributed by atoms with E-state index in [0.717, 1.165) is 27.5 Å². The van der Waals surface area contributed by atoms with Gasteiger partial charge in [0.05, 0.1) is 29.5 Å². The Kier molecular flexibility index (Phi) is 6.41. The van der Waals surface area contributed by atoms with Gasteiger partial charge < -0.3 is 9.57 Å². The Morgan fingerprint density at radius 1 is 0.719 bits per heavy atom. The minimum absolute atomic E-state index is 0.191. The van der Waals surface area contributed by atoms with Crippen LogP contribution in [0.25, 0.3) is 10.8 Å². The first-order chi connectivity index (χ1) is 15.8. The molecular weight excluding hydrogens is 398 g/mol. The molecule has 154 valence electrons. The van der Waals surface area contributed by atoms with Gasteiger partial charge in [0.15, 0.2) is 0 Å². The van der Waals surface area contributed by atoms with Gasteiger partial charge in [0.1, 0.15) is 19.0 Å². The molecule has 4 rings (SSSR count). The van der Waals surface area contributed by atoms with Crippen LogP contribution in [0.3, 0.4) is 0 Å². The molecule has 0 fully saturated rings. The first-order valence-corrected chi connectivity index (χ1v) is 10.1. The van der Waals surface area contributed by atoms with E-state index in [1.165, 1.54) is 0 Å². The third kappa shape index (κ3) is 4.59. The number of nitriles is 2. The fourth-order valence-corrected chi connectivity index (χ4v) is 3.40. The summed E-state index contributed by atoms with van der Waals surface area (Å²) in [6.07, 6.45) is 1.63. The smallest absolute Gasteiger partial charge is 0.143 e. The van der Waals surface area contributed by atoms with Crippen LogP contribution in [-0.2, 0) is 18.1 Å². The third-order valence-electron chi connectivity index (χ3n) is 5.07. The Hall–Kier alpha value is -4.61. The minimum atomic E-state index is 0.191. The van der Waals surface area contributed by atoms with Gasteiger partial charge in [-0.1, -0.05) is 71.9 Å². The summed E-state index contributed by atoms with van der Waals surface area (Å²) in [6.45, 7) is 0.454. The Morgan fingerprint density at radius 3 is 2.06 bits per heavy atom. The van der Waals surface area contributed by atoms with Crippen molar-refractivity contribution in [1.82, 2.24) is 0 Å². The average Bonchev–Trinajstić information content (AvgIpc) is 2.86. The second kappa shape index (κ2) is 9.93. The molecule has 0 saturated carbocycles.